The van der Waals surface area contributed by atoms with Crippen LogP contribution in [0.3, 0.4) is 0 Å². The molecule has 0 aliphatic carbocycles. The van der Waals surface area contributed by atoms with Crippen LogP contribution in [0.2, 0.25) is 0 Å². The molecule has 0 atom stereocenters. The van der Waals surface area contributed by atoms with Gasteiger partial charge in [-0.3, -0.25) is 4.79 Å². The van der Waals surface area contributed by atoms with Gasteiger partial charge in [0, 0.05) is 29.8 Å². The maximum absolute atomic E-state index is 12.6. The molecule has 148 valence electrons. The van der Waals surface area contributed by atoms with Crippen LogP contribution >= 0.6 is 0 Å². The lowest BCUT2D eigenvalue weighted by Crippen LogP contribution is -2.12. The van der Waals surface area contributed by atoms with Crippen LogP contribution in [0.25, 0.3) is 11.4 Å². The van der Waals surface area contributed by atoms with E-state index in [1.165, 1.54) is 13.5 Å². The van der Waals surface area contributed by atoms with Crippen molar-refractivity contribution < 1.29 is 9.63 Å². The summed E-state index contributed by atoms with van der Waals surface area (Å²) in [5.74, 6) is 1.74. The van der Waals surface area contributed by atoms with Gasteiger partial charge in [0.05, 0.1) is 6.21 Å². The minimum Gasteiger partial charge on any atom is -0.399 e. The Kier molecular flexibility index (Phi) is 5.65. The largest absolute Gasteiger partial charge is 0.399 e. The van der Waals surface area contributed by atoms with Gasteiger partial charge in [0.2, 0.25) is 0 Å². The molecule has 0 unspecified atom stereocenters. The van der Waals surface area contributed by atoms with E-state index in [-0.39, 0.29) is 5.91 Å². The highest BCUT2D eigenvalue weighted by Gasteiger charge is 2.16. The van der Waals surface area contributed by atoms with Gasteiger partial charge in [-0.1, -0.05) is 35.8 Å². The van der Waals surface area contributed by atoms with E-state index in [0.717, 1.165) is 54.3 Å². The third-order valence-corrected chi connectivity index (χ3v) is 4.97. The first-order valence-corrected chi connectivity index (χ1v) is 9.75. The lowest BCUT2D eigenvalue weighted by atomic mass is 10.1. The van der Waals surface area contributed by atoms with Crippen LogP contribution in [0.5, 0.6) is 0 Å². The monoisotopic (exact) mass is 389 g/mol. The first kappa shape index (κ1) is 18.9. The Morgan fingerprint density at radius 3 is 2.83 bits per heavy atom. The van der Waals surface area contributed by atoms with Crippen molar-refractivity contribution in [3.63, 3.8) is 0 Å². The summed E-state index contributed by atoms with van der Waals surface area (Å²) < 4.78 is 2.20. The fraction of sp³-hybridized carbons (Fsp3) is 0.273. The number of amides is 1. The molecule has 29 heavy (non-hydrogen) atoms. The fourth-order valence-electron chi connectivity index (χ4n) is 3.47. The molecule has 0 fully saturated rings. The molecule has 4 rings (SSSR count). The number of rotatable bonds is 5. The van der Waals surface area contributed by atoms with Crippen molar-refractivity contribution in [2.75, 3.05) is 12.4 Å². The van der Waals surface area contributed by atoms with E-state index in [9.17, 15) is 4.79 Å². The number of carbonyl (C=O) groups is 1. The number of aryl methyl sites for hydroxylation is 1. The van der Waals surface area contributed by atoms with Gasteiger partial charge in [-0.2, -0.15) is 0 Å². The third-order valence-electron chi connectivity index (χ3n) is 4.97. The van der Waals surface area contributed by atoms with E-state index < -0.39 is 0 Å². The summed E-state index contributed by atoms with van der Waals surface area (Å²) >= 11 is 0. The van der Waals surface area contributed by atoms with Crippen molar-refractivity contribution in [1.82, 2.24) is 14.8 Å². The molecule has 2 aromatic carbocycles. The summed E-state index contributed by atoms with van der Waals surface area (Å²) in [6, 6.07) is 14.9. The zero-order valence-corrected chi connectivity index (χ0v) is 16.3. The Bertz CT molecular complexity index is 1020. The van der Waals surface area contributed by atoms with E-state index in [1.54, 1.807) is 18.3 Å². The molecule has 1 aliphatic rings. The fourth-order valence-corrected chi connectivity index (χ4v) is 3.47. The van der Waals surface area contributed by atoms with E-state index >= 15 is 0 Å². The van der Waals surface area contributed by atoms with Crippen molar-refractivity contribution in [2.45, 2.75) is 32.2 Å². The summed E-state index contributed by atoms with van der Waals surface area (Å²) in [5, 5.41) is 15.4. The first-order chi connectivity index (χ1) is 14.2. The molecular formula is C22H23N5O2. The number of carbonyl (C=O) groups excluding carboxylic acids is 1. The SMILES string of the molecule is CO/N=C/c1ccc(C(=O)Nc2cccc(-c3nnc4n3CCCCC4)c2)cc1. The van der Waals surface area contributed by atoms with Gasteiger partial charge in [-0.15, -0.1) is 10.2 Å². The topological polar surface area (TPSA) is 81.4 Å². The standard InChI is InChI=1S/C22H23N5O2/c1-29-23-15-16-9-11-17(12-10-16)22(28)24-19-7-5-6-18(14-19)21-26-25-20-8-3-2-4-13-27(20)21/h5-7,9-12,14-15H,2-4,8,13H2,1H3,(H,24,28)/b23-15+. The molecule has 0 radical (unpaired) electrons. The van der Waals surface area contributed by atoms with E-state index in [4.69, 9.17) is 0 Å². The molecule has 7 nitrogen and oxygen atoms in total. The lowest BCUT2D eigenvalue weighted by Gasteiger charge is -2.10. The molecule has 0 saturated heterocycles. The molecule has 3 aromatic rings. The summed E-state index contributed by atoms with van der Waals surface area (Å²) in [7, 11) is 1.49. The Balaban J connectivity index is 1.51. The summed E-state index contributed by atoms with van der Waals surface area (Å²) in [5.41, 5.74) is 3.11. The average molecular weight is 389 g/mol. The lowest BCUT2D eigenvalue weighted by molar-refractivity contribution is 0.102. The number of nitrogens with one attached hydrogen (secondary N) is 1. The van der Waals surface area contributed by atoms with Gasteiger partial charge in [-0.25, -0.2) is 0 Å². The summed E-state index contributed by atoms with van der Waals surface area (Å²) in [6.07, 6.45) is 6.07. The van der Waals surface area contributed by atoms with Crippen molar-refractivity contribution in [1.29, 1.82) is 0 Å². The molecule has 2 heterocycles. The first-order valence-electron chi connectivity index (χ1n) is 9.75. The number of hydrogen-bond donors (Lipinski definition) is 1. The maximum Gasteiger partial charge on any atom is 0.255 e. The summed E-state index contributed by atoms with van der Waals surface area (Å²) in [6.45, 7) is 0.937. The molecule has 0 spiro atoms. The number of aromatic nitrogens is 3. The Morgan fingerprint density at radius 2 is 2.00 bits per heavy atom. The number of anilines is 1. The molecule has 1 aromatic heterocycles. The van der Waals surface area contributed by atoms with Gasteiger partial charge in [0.1, 0.15) is 12.9 Å². The molecule has 1 aliphatic heterocycles. The Morgan fingerprint density at radius 1 is 1.14 bits per heavy atom. The zero-order valence-electron chi connectivity index (χ0n) is 16.3. The van der Waals surface area contributed by atoms with Gasteiger partial charge < -0.3 is 14.7 Å². The van der Waals surface area contributed by atoms with E-state index in [2.05, 4.69) is 30.1 Å². The van der Waals surface area contributed by atoms with Crippen LogP contribution in [0.15, 0.2) is 53.7 Å². The van der Waals surface area contributed by atoms with Gasteiger partial charge in [0.15, 0.2) is 5.82 Å². The second-order valence-corrected chi connectivity index (χ2v) is 6.98. The van der Waals surface area contributed by atoms with Crippen LogP contribution in [0, 0.1) is 0 Å². The molecule has 1 N–H and O–H groups in total. The Hall–Kier alpha value is -3.48. The quantitative estimate of drug-likeness (QED) is 0.530. The predicted octanol–water partition coefficient (Wildman–Crippen LogP) is 3.90. The number of hydrogen-bond acceptors (Lipinski definition) is 5. The highest BCUT2D eigenvalue weighted by Crippen LogP contribution is 2.25. The number of fused-ring (bicyclic) bond motifs is 1. The van der Waals surface area contributed by atoms with Crippen LogP contribution in [-0.4, -0.2) is 34.0 Å². The van der Waals surface area contributed by atoms with E-state index in [1.807, 2.05) is 36.4 Å². The summed E-state index contributed by atoms with van der Waals surface area (Å²) in [4.78, 5) is 17.3. The molecular weight excluding hydrogens is 366 g/mol. The highest BCUT2D eigenvalue weighted by molar-refractivity contribution is 6.04. The van der Waals surface area contributed by atoms with Crippen LogP contribution in [0.1, 0.15) is 41.0 Å². The van der Waals surface area contributed by atoms with Crippen molar-refractivity contribution in [3.05, 3.63) is 65.5 Å². The van der Waals surface area contributed by atoms with E-state index in [0.29, 0.717) is 5.56 Å². The number of nitrogens with zero attached hydrogens (tertiary/aromatic N) is 4. The second-order valence-electron chi connectivity index (χ2n) is 6.98. The number of benzene rings is 2. The molecule has 0 bridgehead atoms. The highest BCUT2D eigenvalue weighted by atomic mass is 16.6. The third kappa shape index (κ3) is 4.34. The normalized spacial score (nSPS) is 13.7. The zero-order chi connectivity index (χ0) is 20.1. The van der Waals surface area contributed by atoms with Crippen molar-refractivity contribution >= 4 is 17.8 Å². The van der Waals surface area contributed by atoms with Crippen LogP contribution in [0.4, 0.5) is 5.69 Å². The minimum absolute atomic E-state index is 0.169. The maximum atomic E-state index is 12.6. The molecule has 0 saturated carbocycles. The van der Waals surface area contributed by atoms with Crippen LogP contribution < -0.4 is 5.32 Å². The smallest absolute Gasteiger partial charge is 0.255 e. The van der Waals surface area contributed by atoms with Gasteiger partial charge in [0.25, 0.3) is 5.91 Å². The van der Waals surface area contributed by atoms with Gasteiger partial charge >= 0.3 is 0 Å². The van der Waals surface area contributed by atoms with Crippen molar-refractivity contribution in [3.8, 4) is 11.4 Å². The van der Waals surface area contributed by atoms with Crippen LogP contribution in [-0.2, 0) is 17.8 Å². The Labute approximate surface area is 169 Å². The second kappa shape index (κ2) is 8.68. The average Bonchev–Trinajstić information content (AvgIpc) is 3.01. The number of oxime groups is 1. The predicted molar refractivity (Wildman–Crippen MR) is 112 cm³/mol. The minimum atomic E-state index is -0.169. The van der Waals surface area contributed by atoms with Crippen molar-refractivity contribution in [2.24, 2.45) is 5.16 Å². The molecule has 7 heteroatoms. The molecule has 1 amide bonds. The van der Waals surface area contributed by atoms with Gasteiger partial charge in [-0.05, 0) is 42.7 Å².